The average molecular weight is 103 g/mol. The van der Waals surface area contributed by atoms with E-state index in [1.54, 1.807) is 4.94 Å². The van der Waals surface area contributed by atoms with Gasteiger partial charge in [0.15, 0.2) is 0 Å². The molecule has 0 radical (unpaired) electrons. The largest absolute Gasteiger partial charge is 0.257 e. The lowest BCUT2D eigenvalue weighted by atomic mass is 13.0. The molecule has 0 aromatic rings. The molecule has 3 N–H and O–H groups in total. The summed E-state index contributed by atoms with van der Waals surface area (Å²) < 4.78 is 0. The van der Waals surface area contributed by atoms with E-state index >= 15 is 0 Å². The molecule has 4 heavy (non-hydrogen) atoms. The first kappa shape index (κ1) is 8.82. The minimum atomic E-state index is 0. The second-order valence-electron chi connectivity index (χ2n) is 0.109. The van der Waals surface area contributed by atoms with Gasteiger partial charge in [0, 0.05) is 0 Å². The predicted molar refractivity (Wildman–Crippen MR) is 20.4 cm³/mol. The van der Waals surface area contributed by atoms with E-state index in [0.717, 1.165) is 0 Å². The summed E-state index contributed by atoms with van der Waals surface area (Å²) in [7, 11) is 0. The molecule has 0 unspecified atom stereocenters. The Morgan fingerprint density at radius 2 is 1.75 bits per heavy atom. The van der Waals surface area contributed by atoms with Crippen molar-refractivity contribution in [2.24, 2.45) is 5.84 Å². The van der Waals surface area contributed by atoms with E-state index in [1.807, 2.05) is 0 Å². The zero-order valence-corrected chi connectivity index (χ0v) is 3.44. The van der Waals surface area contributed by atoms with Gasteiger partial charge in [-0.05, 0) is 11.8 Å². The molecule has 0 heterocycles. The van der Waals surface area contributed by atoms with Gasteiger partial charge in [-0.1, -0.05) is 0 Å². The molecule has 0 rings (SSSR count). The van der Waals surface area contributed by atoms with E-state index in [2.05, 4.69) is 17.6 Å². The fourth-order valence-electron chi connectivity index (χ4n) is 0. The molecule has 2 nitrogen and oxygen atoms in total. The molecule has 28 valence electrons. The van der Waals surface area contributed by atoms with Gasteiger partial charge in [0.05, 0.1) is 0 Å². The third kappa shape index (κ3) is 22.5. The Morgan fingerprint density at radius 1 is 1.75 bits per heavy atom. The summed E-state index contributed by atoms with van der Waals surface area (Å²) in [6.07, 6.45) is 0. The number of halogens is 2. The third-order valence-electron chi connectivity index (χ3n) is 0. The molecule has 0 aromatic carbocycles. The van der Waals surface area contributed by atoms with Crippen molar-refractivity contribution in [1.29, 1.82) is 0 Å². The maximum atomic E-state index is 4.53. The molecule has 0 fully saturated rings. The first-order valence-electron chi connectivity index (χ1n) is 0.478. The van der Waals surface area contributed by atoms with Gasteiger partial charge < -0.3 is 0 Å². The minimum Gasteiger partial charge on any atom is -0.257 e. The number of nitrogens with two attached hydrogens (primary N) is 1. The van der Waals surface area contributed by atoms with Crippen LogP contribution in [0.25, 0.3) is 0 Å². The Labute approximate surface area is 35.8 Å². The second kappa shape index (κ2) is 9.72. The van der Waals surface area contributed by atoms with Gasteiger partial charge in [-0.3, -0.25) is 5.84 Å². The average Bonchev–Trinajstić information content (AvgIpc) is 0.918. The summed E-state index contributed by atoms with van der Waals surface area (Å²) in [5, 5.41) is 0. The van der Waals surface area contributed by atoms with Gasteiger partial charge in [-0.25, -0.2) is 0 Å². The highest BCUT2D eigenvalue weighted by Gasteiger charge is 1.27. The van der Waals surface area contributed by atoms with Crippen LogP contribution in [0.15, 0.2) is 0 Å². The SMILES string of the molecule is Cl.NNCl. The molecular formula is H4Cl2N2. The van der Waals surface area contributed by atoms with Crippen LogP contribution < -0.4 is 10.8 Å². The van der Waals surface area contributed by atoms with E-state index in [-0.39, 0.29) is 12.4 Å². The topological polar surface area (TPSA) is 38.0 Å². The Morgan fingerprint density at radius 3 is 1.75 bits per heavy atom. The number of hydrazine groups is 1. The Bertz CT molecular complexity index is 4.00. The Hall–Kier alpha value is 0.500. The van der Waals surface area contributed by atoms with Crippen LogP contribution >= 0.6 is 24.2 Å². The standard InChI is InChI=1S/ClH3N2.ClH/c1-3-2;/h3H,2H2;1H. The molecule has 0 aliphatic carbocycles. The molecule has 0 aliphatic rings. The summed E-state index contributed by atoms with van der Waals surface area (Å²) in [4.78, 5) is 1.72. The molecule has 0 atom stereocenters. The van der Waals surface area contributed by atoms with Gasteiger partial charge in [0.2, 0.25) is 0 Å². The lowest BCUT2D eigenvalue weighted by Crippen LogP contribution is -2.05. The molecule has 0 saturated heterocycles. The molecule has 0 spiro atoms. The van der Waals surface area contributed by atoms with Gasteiger partial charge >= 0.3 is 0 Å². The smallest absolute Gasteiger partial charge is 0.00899 e. The van der Waals surface area contributed by atoms with E-state index in [4.69, 9.17) is 0 Å². The number of rotatable bonds is 0. The van der Waals surface area contributed by atoms with Crippen LogP contribution in [0.3, 0.4) is 0 Å². The third-order valence-corrected chi connectivity index (χ3v) is 0. The van der Waals surface area contributed by atoms with Crippen molar-refractivity contribution in [2.45, 2.75) is 0 Å². The van der Waals surface area contributed by atoms with Crippen LogP contribution in [0.4, 0.5) is 0 Å². The van der Waals surface area contributed by atoms with E-state index in [0.29, 0.717) is 0 Å². The zero-order chi connectivity index (χ0) is 2.71. The van der Waals surface area contributed by atoms with Crippen LogP contribution in [0, 0.1) is 0 Å². The maximum Gasteiger partial charge on any atom is -0.00899 e. The summed E-state index contributed by atoms with van der Waals surface area (Å²) in [5.41, 5.74) is 0. The van der Waals surface area contributed by atoms with Crippen molar-refractivity contribution in [3.63, 3.8) is 0 Å². The van der Waals surface area contributed by atoms with Crippen molar-refractivity contribution in [3.8, 4) is 0 Å². The van der Waals surface area contributed by atoms with Crippen LogP contribution in [0.5, 0.6) is 0 Å². The molecule has 0 aromatic heterocycles. The van der Waals surface area contributed by atoms with Crippen molar-refractivity contribution in [3.05, 3.63) is 0 Å². The zero-order valence-electron chi connectivity index (χ0n) is 1.86. The summed E-state index contributed by atoms with van der Waals surface area (Å²) in [6.45, 7) is 0. The summed E-state index contributed by atoms with van der Waals surface area (Å²) in [6, 6.07) is 0. The van der Waals surface area contributed by atoms with E-state index < -0.39 is 0 Å². The molecule has 0 aliphatic heterocycles. The molecule has 4 heteroatoms. The van der Waals surface area contributed by atoms with Crippen molar-refractivity contribution in [1.82, 2.24) is 4.94 Å². The highest BCUT2D eigenvalue weighted by atomic mass is 35.5. The fraction of sp³-hybridized carbons (Fsp3) is 0. The molecular weight excluding hydrogens is 98.9 g/mol. The summed E-state index contributed by atoms with van der Waals surface area (Å²) >= 11 is 4.53. The van der Waals surface area contributed by atoms with Crippen LogP contribution in [-0.4, -0.2) is 0 Å². The minimum absolute atomic E-state index is 0. The quantitative estimate of drug-likeness (QED) is 0.258. The Balaban J connectivity index is 0. The van der Waals surface area contributed by atoms with Crippen molar-refractivity contribution in [2.75, 3.05) is 0 Å². The van der Waals surface area contributed by atoms with Gasteiger partial charge in [0.25, 0.3) is 0 Å². The van der Waals surface area contributed by atoms with E-state index in [1.165, 1.54) is 0 Å². The monoisotopic (exact) mass is 102 g/mol. The van der Waals surface area contributed by atoms with Crippen LogP contribution in [0.1, 0.15) is 0 Å². The lowest BCUT2D eigenvalue weighted by Gasteiger charge is -1.57. The van der Waals surface area contributed by atoms with E-state index in [9.17, 15) is 0 Å². The van der Waals surface area contributed by atoms with Crippen molar-refractivity contribution >= 4 is 24.2 Å². The number of hydrogen-bond acceptors (Lipinski definition) is 2. The van der Waals surface area contributed by atoms with Gasteiger partial charge in [-0.2, -0.15) is 4.94 Å². The number of hydrogen-bond donors (Lipinski definition) is 2. The Kier molecular flexibility index (Phi) is 21.4. The summed E-state index contributed by atoms with van der Waals surface area (Å²) in [5.74, 6) is 4.36. The molecule has 0 saturated carbocycles. The van der Waals surface area contributed by atoms with Gasteiger partial charge in [0.1, 0.15) is 0 Å². The normalized spacial score (nSPS) is 4.50. The first-order valence-corrected chi connectivity index (χ1v) is 0.856. The first-order chi connectivity index (χ1) is 1.41. The highest BCUT2D eigenvalue weighted by Crippen LogP contribution is 1.32. The fourth-order valence-corrected chi connectivity index (χ4v) is 0. The molecule has 0 amide bonds. The van der Waals surface area contributed by atoms with Crippen LogP contribution in [0.2, 0.25) is 0 Å². The predicted octanol–water partition coefficient (Wildman–Crippen LogP) is 0.0253. The molecule has 0 bridgehead atoms. The maximum absolute atomic E-state index is 4.53. The number of nitrogens with one attached hydrogen (secondary N) is 1. The van der Waals surface area contributed by atoms with Gasteiger partial charge in [-0.15, -0.1) is 12.4 Å². The lowest BCUT2D eigenvalue weighted by molar-refractivity contribution is 1.10. The highest BCUT2D eigenvalue weighted by molar-refractivity contribution is 6.12. The van der Waals surface area contributed by atoms with Crippen molar-refractivity contribution < 1.29 is 0 Å². The second-order valence-corrected chi connectivity index (χ2v) is 0.327. The van der Waals surface area contributed by atoms with Crippen LogP contribution in [-0.2, 0) is 0 Å².